The van der Waals surface area contributed by atoms with Gasteiger partial charge in [0.2, 0.25) is 5.91 Å². The van der Waals surface area contributed by atoms with E-state index >= 15 is 0 Å². The normalized spacial score (nSPS) is 13.3. The van der Waals surface area contributed by atoms with Gasteiger partial charge in [0, 0.05) is 17.7 Å². The summed E-state index contributed by atoms with van der Waals surface area (Å²) < 4.78 is 13.6. The first-order valence-corrected chi connectivity index (χ1v) is 5.24. The van der Waals surface area contributed by atoms with E-state index in [1.54, 1.807) is 6.92 Å². The van der Waals surface area contributed by atoms with Gasteiger partial charge < -0.3 is 22.0 Å². The van der Waals surface area contributed by atoms with Crippen molar-refractivity contribution in [2.75, 3.05) is 0 Å². The van der Waals surface area contributed by atoms with Crippen molar-refractivity contribution in [1.29, 1.82) is 0 Å². The predicted octanol–water partition coefficient (Wildman–Crippen LogP) is -0.116. The molecule has 6 nitrogen and oxygen atoms in total. The lowest BCUT2D eigenvalue weighted by atomic mass is 10.1. The fourth-order valence-corrected chi connectivity index (χ4v) is 1.27. The third-order valence-electron chi connectivity index (χ3n) is 2.48. The number of hydrogen-bond donors (Lipinski definition) is 4. The number of amides is 1. The van der Waals surface area contributed by atoms with Gasteiger partial charge in [-0.25, -0.2) is 4.39 Å². The van der Waals surface area contributed by atoms with Crippen LogP contribution in [0.15, 0.2) is 23.4 Å². The minimum atomic E-state index is -0.548. The number of halogens is 1. The Morgan fingerprint density at radius 2 is 2.22 bits per heavy atom. The van der Waals surface area contributed by atoms with E-state index in [4.69, 9.17) is 16.7 Å². The average Bonchev–Trinajstić information content (AvgIpc) is 2.35. The Bertz CT molecular complexity index is 476. The second-order valence-corrected chi connectivity index (χ2v) is 3.80. The molecule has 0 fully saturated rings. The van der Waals surface area contributed by atoms with Crippen LogP contribution in [0.4, 0.5) is 4.39 Å². The highest BCUT2D eigenvalue weighted by molar-refractivity contribution is 5.97. The number of nitrogens with zero attached hydrogens (tertiary/aromatic N) is 1. The number of nitrogens with one attached hydrogen (secondary N) is 1. The zero-order chi connectivity index (χ0) is 13.7. The molecule has 1 aromatic carbocycles. The van der Waals surface area contributed by atoms with Crippen LogP contribution in [0, 0.1) is 5.82 Å². The summed E-state index contributed by atoms with van der Waals surface area (Å²) in [6, 6.07) is 3.61. The lowest BCUT2D eigenvalue weighted by Gasteiger charge is -2.11. The van der Waals surface area contributed by atoms with Gasteiger partial charge in [0.25, 0.3) is 0 Å². The molecule has 1 amide bonds. The number of benzene rings is 1. The highest BCUT2D eigenvalue weighted by atomic mass is 19.1. The Morgan fingerprint density at radius 1 is 1.56 bits per heavy atom. The van der Waals surface area contributed by atoms with Gasteiger partial charge in [-0.05, 0) is 13.0 Å². The van der Waals surface area contributed by atoms with Crippen LogP contribution in [0.3, 0.4) is 0 Å². The fraction of sp³-hybridized carbons (Fsp3) is 0.273. The number of carbonyl (C=O) groups is 1. The van der Waals surface area contributed by atoms with Crippen LogP contribution in [0.2, 0.25) is 0 Å². The van der Waals surface area contributed by atoms with Crippen LogP contribution in [0.5, 0.6) is 0 Å². The Labute approximate surface area is 103 Å². The van der Waals surface area contributed by atoms with Crippen LogP contribution >= 0.6 is 0 Å². The first-order chi connectivity index (χ1) is 8.45. The third-order valence-corrected chi connectivity index (χ3v) is 2.48. The molecule has 98 valence electrons. The number of nitrogens with two attached hydrogens (primary N) is 2. The number of hydrogen-bond acceptors (Lipinski definition) is 4. The van der Waals surface area contributed by atoms with Gasteiger partial charge in [0.1, 0.15) is 5.82 Å². The molecule has 1 atom stereocenters. The summed E-state index contributed by atoms with van der Waals surface area (Å²) in [4.78, 5) is 10.8. The van der Waals surface area contributed by atoms with Gasteiger partial charge in [0.15, 0.2) is 5.84 Å². The molecule has 0 heterocycles. The second-order valence-electron chi connectivity index (χ2n) is 3.80. The molecule has 0 saturated carbocycles. The van der Waals surface area contributed by atoms with Crippen LogP contribution in [-0.4, -0.2) is 23.0 Å². The number of oxime groups is 1. The molecule has 0 aliphatic carbocycles. The molecule has 1 rings (SSSR count). The van der Waals surface area contributed by atoms with E-state index in [2.05, 4.69) is 10.5 Å². The van der Waals surface area contributed by atoms with E-state index in [9.17, 15) is 9.18 Å². The van der Waals surface area contributed by atoms with Crippen molar-refractivity contribution in [1.82, 2.24) is 5.32 Å². The molecule has 18 heavy (non-hydrogen) atoms. The third kappa shape index (κ3) is 3.42. The first-order valence-electron chi connectivity index (χ1n) is 5.24. The summed E-state index contributed by atoms with van der Waals surface area (Å²) in [6.45, 7) is 1.75. The molecule has 1 unspecified atom stereocenters. The molecule has 0 radical (unpaired) electrons. The van der Waals surface area contributed by atoms with Crippen molar-refractivity contribution in [3.05, 3.63) is 35.1 Å². The molecular formula is C11H15FN4O2. The zero-order valence-corrected chi connectivity index (χ0v) is 9.85. The summed E-state index contributed by atoms with van der Waals surface area (Å²) in [5, 5.41) is 14.0. The highest BCUT2D eigenvalue weighted by Crippen LogP contribution is 2.10. The summed E-state index contributed by atoms with van der Waals surface area (Å²) >= 11 is 0. The molecular weight excluding hydrogens is 239 g/mol. The molecule has 0 spiro atoms. The van der Waals surface area contributed by atoms with Gasteiger partial charge in [-0.15, -0.1) is 0 Å². The van der Waals surface area contributed by atoms with Gasteiger partial charge in [-0.2, -0.15) is 0 Å². The van der Waals surface area contributed by atoms with E-state index in [1.165, 1.54) is 12.1 Å². The molecule has 1 aromatic rings. The Hall–Kier alpha value is -2.15. The lowest BCUT2D eigenvalue weighted by molar-refractivity contribution is -0.119. The highest BCUT2D eigenvalue weighted by Gasteiger charge is 2.10. The van der Waals surface area contributed by atoms with E-state index in [1.807, 2.05) is 0 Å². The van der Waals surface area contributed by atoms with Crippen molar-refractivity contribution in [2.45, 2.75) is 19.5 Å². The van der Waals surface area contributed by atoms with Gasteiger partial charge >= 0.3 is 0 Å². The van der Waals surface area contributed by atoms with Crippen LogP contribution < -0.4 is 16.8 Å². The minimum absolute atomic E-state index is 0.159. The van der Waals surface area contributed by atoms with Crippen molar-refractivity contribution < 1.29 is 14.4 Å². The molecule has 7 heteroatoms. The quantitative estimate of drug-likeness (QED) is 0.254. The van der Waals surface area contributed by atoms with E-state index in [-0.39, 0.29) is 17.9 Å². The monoisotopic (exact) mass is 254 g/mol. The summed E-state index contributed by atoms with van der Waals surface area (Å²) in [6.07, 6.45) is 0. The fourth-order valence-electron chi connectivity index (χ4n) is 1.27. The smallest absolute Gasteiger partial charge is 0.234 e. The van der Waals surface area contributed by atoms with E-state index in [0.29, 0.717) is 5.56 Å². The predicted molar refractivity (Wildman–Crippen MR) is 64.4 cm³/mol. The topological polar surface area (TPSA) is 114 Å². The Kier molecular flexibility index (Phi) is 4.61. The molecule has 0 aromatic heterocycles. The number of amidine groups is 1. The second kappa shape index (κ2) is 5.97. The van der Waals surface area contributed by atoms with Crippen molar-refractivity contribution >= 4 is 11.7 Å². The first kappa shape index (κ1) is 13.9. The average molecular weight is 254 g/mol. The maximum atomic E-state index is 13.6. The standard InChI is InChI=1S/C11H15FN4O2/c1-6(11(14)17)15-5-8-3-2-7(4-9(8)12)10(13)16-18/h2-4,6,15,18H,5H2,1H3,(H2,13,16)(H2,14,17). The Morgan fingerprint density at radius 3 is 2.72 bits per heavy atom. The summed E-state index contributed by atoms with van der Waals surface area (Å²) in [7, 11) is 0. The van der Waals surface area contributed by atoms with E-state index < -0.39 is 17.8 Å². The molecule has 0 aliphatic rings. The van der Waals surface area contributed by atoms with Crippen molar-refractivity contribution in [2.24, 2.45) is 16.6 Å². The van der Waals surface area contributed by atoms with Crippen LogP contribution in [0.25, 0.3) is 0 Å². The van der Waals surface area contributed by atoms with Crippen molar-refractivity contribution in [3.8, 4) is 0 Å². The largest absolute Gasteiger partial charge is 0.409 e. The molecule has 0 bridgehead atoms. The molecule has 0 aliphatic heterocycles. The van der Waals surface area contributed by atoms with Gasteiger partial charge in [-0.3, -0.25) is 4.79 Å². The number of rotatable bonds is 5. The number of carbonyl (C=O) groups excluding carboxylic acids is 1. The van der Waals surface area contributed by atoms with Gasteiger partial charge in [-0.1, -0.05) is 17.3 Å². The summed E-state index contributed by atoms with van der Waals surface area (Å²) in [5.41, 5.74) is 11.0. The maximum Gasteiger partial charge on any atom is 0.234 e. The van der Waals surface area contributed by atoms with Crippen molar-refractivity contribution in [3.63, 3.8) is 0 Å². The Balaban J connectivity index is 2.77. The SMILES string of the molecule is CC(NCc1ccc(C(N)=NO)cc1F)C(N)=O. The maximum absolute atomic E-state index is 13.6. The molecule has 6 N–H and O–H groups in total. The number of primary amides is 1. The van der Waals surface area contributed by atoms with Crippen LogP contribution in [0.1, 0.15) is 18.1 Å². The zero-order valence-electron chi connectivity index (χ0n) is 9.85. The molecule has 0 saturated heterocycles. The lowest BCUT2D eigenvalue weighted by Crippen LogP contribution is -2.38. The summed E-state index contributed by atoms with van der Waals surface area (Å²) in [5.74, 6) is -1.19. The van der Waals surface area contributed by atoms with Crippen LogP contribution in [-0.2, 0) is 11.3 Å². The van der Waals surface area contributed by atoms with E-state index in [0.717, 1.165) is 6.07 Å². The minimum Gasteiger partial charge on any atom is -0.409 e. The van der Waals surface area contributed by atoms with Gasteiger partial charge in [0.05, 0.1) is 6.04 Å².